The van der Waals surface area contributed by atoms with Crippen LogP contribution < -0.4 is 19.6 Å². The van der Waals surface area contributed by atoms with E-state index in [0.717, 1.165) is 26.6 Å². The van der Waals surface area contributed by atoms with Gasteiger partial charge in [0, 0.05) is 4.47 Å². The summed E-state index contributed by atoms with van der Waals surface area (Å²) < 4.78 is 15.1. The predicted molar refractivity (Wildman–Crippen MR) is 132 cm³/mol. The van der Waals surface area contributed by atoms with Crippen molar-refractivity contribution >= 4 is 49.3 Å². The molecule has 0 N–H and O–H groups in total. The number of para-hydroxylation sites is 2. The maximum absolute atomic E-state index is 13.0. The van der Waals surface area contributed by atoms with E-state index in [4.69, 9.17) is 9.47 Å². The molecule has 0 spiro atoms. The van der Waals surface area contributed by atoms with Gasteiger partial charge in [-0.05, 0) is 60.5 Å². The lowest BCUT2D eigenvalue weighted by Crippen LogP contribution is -2.22. The molecule has 0 aliphatic rings. The van der Waals surface area contributed by atoms with Crippen LogP contribution in [0.2, 0.25) is 0 Å². The Morgan fingerprint density at radius 2 is 1.84 bits per heavy atom. The van der Waals surface area contributed by atoms with Gasteiger partial charge in [-0.3, -0.25) is 4.79 Å². The number of thiazole rings is 1. The molecule has 0 aliphatic carbocycles. The molecule has 5 aromatic rings. The van der Waals surface area contributed by atoms with Crippen molar-refractivity contribution in [1.29, 1.82) is 0 Å². The average Bonchev–Trinajstić information content (AvgIpc) is 3.31. The molecule has 0 saturated carbocycles. The van der Waals surface area contributed by atoms with Gasteiger partial charge in [0.05, 0.1) is 22.2 Å². The van der Waals surface area contributed by atoms with Crippen LogP contribution in [0.5, 0.6) is 11.5 Å². The van der Waals surface area contributed by atoms with Gasteiger partial charge in [0.2, 0.25) is 0 Å². The zero-order chi connectivity index (χ0) is 22.1. The van der Waals surface area contributed by atoms with Gasteiger partial charge in [-0.15, -0.1) is 0 Å². The Labute approximate surface area is 196 Å². The molecule has 0 amide bonds. The number of rotatable bonds is 6. The molecule has 3 aromatic carbocycles. The fourth-order valence-corrected chi connectivity index (χ4v) is 4.76. The van der Waals surface area contributed by atoms with E-state index in [9.17, 15) is 4.79 Å². The van der Waals surface area contributed by atoms with Crippen molar-refractivity contribution in [2.24, 2.45) is 0 Å². The van der Waals surface area contributed by atoms with E-state index in [0.29, 0.717) is 34.2 Å². The Hall–Kier alpha value is -3.16. The predicted octanol–water partition coefficient (Wildman–Crippen LogP) is 5.20. The highest BCUT2D eigenvalue weighted by atomic mass is 79.9. The molecule has 2 aromatic heterocycles. The van der Waals surface area contributed by atoms with Crippen LogP contribution in [0.1, 0.15) is 18.1 Å². The van der Waals surface area contributed by atoms with Gasteiger partial charge in [0.25, 0.3) is 5.56 Å². The molecular weight excluding hydrogens is 488 g/mol. The number of fused-ring (bicyclic) bond motifs is 3. The summed E-state index contributed by atoms with van der Waals surface area (Å²) in [5, 5.41) is 0. The second-order valence-electron chi connectivity index (χ2n) is 7.19. The molecule has 32 heavy (non-hydrogen) atoms. The maximum Gasteiger partial charge on any atom is 0.274 e. The lowest BCUT2D eigenvalue weighted by Gasteiger charge is -2.12. The van der Waals surface area contributed by atoms with Gasteiger partial charge in [-0.1, -0.05) is 57.6 Å². The molecule has 160 valence electrons. The molecule has 0 bridgehead atoms. The van der Waals surface area contributed by atoms with Crippen LogP contribution in [0.25, 0.3) is 22.1 Å². The van der Waals surface area contributed by atoms with E-state index >= 15 is 0 Å². The first-order valence-corrected chi connectivity index (χ1v) is 11.8. The van der Waals surface area contributed by atoms with E-state index in [1.54, 1.807) is 4.40 Å². The maximum atomic E-state index is 13.0. The summed E-state index contributed by atoms with van der Waals surface area (Å²) in [6, 6.07) is 21.4. The molecule has 0 aliphatic heterocycles. The van der Waals surface area contributed by atoms with Gasteiger partial charge in [-0.2, -0.15) is 0 Å². The van der Waals surface area contributed by atoms with Crippen LogP contribution in [0.15, 0.2) is 76.0 Å². The zero-order valence-electron chi connectivity index (χ0n) is 17.2. The van der Waals surface area contributed by atoms with Crippen molar-refractivity contribution in [3.05, 3.63) is 97.2 Å². The number of hydrogen-bond acceptors (Lipinski definition) is 5. The lowest BCUT2D eigenvalue weighted by molar-refractivity contribution is 0.269. The van der Waals surface area contributed by atoms with Crippen molar-refractivity contribution in [2.75, 3.05) is 6.61 Å². The normalized spacial score (nSPS) is 12.0. The SMILES string of the molecule is CCOc1cc(/C=c2\sc3nc4ccccc4n3c2=O)ccc1OCc1ccc(Br)cc1. The van der Waals surface area contributed by atoms with Crippen LogP contribution in [0.3, 0.4) is 0 Å². The van der Waals surface area contributed by atoms with Gasteiger partial charge in [-0.25, -0.2) is 9.38 Å². The van der Waals surface area contributed by atoms with E-state index in [2.05, 4.69) is 20.9 Å². The Bertz CT molecular complexity index is 1520. The largest absolute Gasteiger partial charge is 0.490 e. The van der Waals surface area contributed by atoms with Crippen LogP contribution in [0.4, 0.5) is 0 Å². The number of hydrogen-bond donors (Lipinski definition) is 0. The van der Waals surface area contributed by atoms with Crippen molar-refractivity contribution in [2.45, 2.75) is 13.5 Å². The first-order valence-electron chi connectivity index (χ1n) is 10.2. The van der Waals surface area contributed by atoms with Gasteiger partial charge in [0.1, 0.15) is 6.61 Å². The second kappa shape index (κ2) is 8.76. The van der Waals surface area contributed by atoms with Crippen molar-refractivity contribution in [3.8, 4) is 11.5 Å². The Morgan fingerprint density at radius 3 is 2.66 bits per heavy atom. The van der Waals surface area contributed by atoms with Crippen molar-refractivity contribution in [3.63, 3.8) is 0 Å². The summed E-state index contributed by atoms with van der Waals surface area (Å²) in [5.41, 5.74) is 3.53. The topological polar surface area (TPSA) is 52.8 Å². The first-order chi connectivity index (χ1) is 15.6. The van der Waals surface area contributed by atoms with Crippen LogP contribution in [-0.2, 0) is 6.61 Å². The molecule has 0 unspecified atom stereocenters. The third kappa shape index (κ3) is 4.01. The average molecular weight is 507 g/mol. The van der Waals surface area contributed by atoms with Gasteiger partial charge < -0.3 is 9.47 Å². The summed E-state index contributed by atoms with van der Waals surface area (Å²) in [7, 11) is 0. The molecule has 0 saturated heterocycles. The number of halogens is 1. The van der Waals surface area contributed by atoms with E-state index in [1.807, 2.05) is 79.7 Å². The monoisotopic (exact) mass is 506 g/mol. The van der Waals surface area contributed by atoms with E-state index in [-0.39, 0.29) is 5.56 Å². The summed E-state index contributed by atoms with van der Waals surface area (Å²) in [6.45, 7) is 2.89. The Balaban J connectivity index is 1.48. The van der Waals surface area contributed by atoms with Crippen LogP contribution in [-0.4, -0.2) is 16.0 Å². The standard InChI is InChI=1S/C25H19BrN2O3S/c1-2-30-22-13-17(9-12-21(22)31-15-16-7-10-18(26)11-8-16)14-23-24(29)28-20-6-4-3-5-19(20)27-25(28)32-23/h3-14H,2,15H2,1H3/b23-14-. The fraction of sp³-hybridized carbons (Fsp3) is 0.120. The molecular formula is C25H19BrN2O3S. The van der Waals surface area contributed by atoms with Gasteiger partial charge >= 0.3 is 0 Å². The van der Waals surface area contributed by atoms with Crippen molar-refractivity contribution in [1.82, 2.24) is 9.38 Å². The highest BCUT2D eigenvalue weighted by Gasteiger charge is 2.11. The Kier molecular flexibility index (Phi) is 5.68. The quantitative estimate of drug-likeness (QED) is 0.317. The number of imidazole rings is 1. The van der Waals surface area contributed by atoms with Gasteiger partial charge in [0.15, 0.2) is 16.5 Å². The van der Waals surface area contributed by atoms with E-state index in [1.165, 1.54) is 11.3 Å². The van der Waals surface area contributed by atoms with Crippen LogP contribution >= 0.6 is 27.3 Å². The number of ether oxygens (including phenoxy) is 2. The molecule has 5 nitrogen and oxygen atoms in total. The molecule has 0 radical (unpaired) electrons. The molecule has 2 heterocycles. The number of aromatic nitrogens is 2. The smallest absolute Gasteiger partial charge is 0.274 e. The second-order valence-corrected chi connectivity index (χ2v) is 9.11. The minimum atomic E-state index is -0.0628. The molecule has 0 atom stereocenters. The van der Waals surface area contributed by atoms with E-state index < -0.39 is 0 Å². The fourth-order valence-electron chi connectivity index (χ4n) is 3.51. The summed E-state index contributed by atoms with van der Waals surface area (Å²) in [6.07, 6.45) is 1.87. The minimum absolute atomic E-state index is 0.0628. The highest BCUT2D eigenvalue weighted by molar-refractivity contribution is 9.10. The Morgan fingerprint density at radius 1 is 1.03 bits per heavy atom. The third-order valence-corrected chi connectivity index (χ3v) is 6.52. The van der Waals surface area contributed by atoms with Crippen molar-refractivity contribution < 1.29 is 9.47 Å². The molecule has 5 rings (SSSR count). The summed E-state index contributed by atoms with van der Waals surface area (Å²) in [4.78, 5) is 18.3. The molecule has 0 fully saturated rings. The minimum Gasteiger partial charge on any atom is -0.490 e. The highest BCUT2D eigenvalue weighted by Crippen LogP contribution is 2.30. The summed E-state index contributed by atoms with van der Waals surface area (Å²) in [5.74, 6) is 1.32. The van der Waals surface area contributed by atoms with Crippen LogP contribution in [0, 0.1) is 0 Å². The number of benzene rings is 3. The lowest BCUT2D eigenvalue weighted by atomic mass is 10.2. The number of nitrogens with zero attached hydrogens (tertiary/aromatic N) is 2. The first kappa shape index (κ1) is 20.7. The molecule has 7 heteroatoms. The zero-order valence-corrected chi connectivity index (χ0v) is 19.7. The third-order valence-electron chi connectivity index (χ3n) is 5.02. The summed E-state index contributed by atoms with van der Waals surface area (Å²) >= 11 is 4.83.